The molecule has 2 amide bonds. The summed E-state index contributed by atoms with van der Waals surface area (Å²) in [6, 6.07) is 0.204. The van der Waals surface area contributed by atoms with Crippen molar-refractivity contribution in [3.05, 3.63) is 11.6 Å². The molecule has 5 aliphatic rings. The van der Waals surface area contributed by atoms with E-state index >= 15 is 0 Å². The normalized spacial score (nSPS) is 51.5. The number of hydrogen-bond donors (Lipinski definition) is 2. The highest BCUT2D eigenvalue weighted by Gasteiger charge is 2.58. The lowest BCUT2D eigenvalue weighted by Gasteiger charge is -2.58. The van der Waals surface area contributed by atoms with Crippen molar-refractivity contribution in [3.63, 3.8) is 0 Å². The van der Waals surface area contributed by atoms with Gasteiger partial charge in [0, 0.05) is 22.9 Å². The van der Waals surface area contributed by atoms with Crippen LogP contribution in [0.1, 0.15) is 65.7 Å². The van der Waals surface area contributed by atoms with E-state index in [0.29, 0.717) is 17.9 Å². The fourth-order valence-corrected chi connectivity index (χ4v) is 8.20. The SMILES string of the molecule is CC1COC(C(N)=O)C1C1=C[C@@]2(C)C(CC[C@@H]3[C@H]2CC[C@]2(C)CCC[C@@H]32)NC1=O. The van der Waals surface area contributed by atoms with Crippen molar-refractivity contribution in [2.75, 3.05) is 6.61 Å². The summed E-state index contributed by atoms with van der Waals surface area (Å²) in [5.41, 5.74) is 6.86. The van der Waals surface area contributed by atoms with Gasteiger partial charge in [-0.2, -0.15) is 0 Å². The predicted molar refractivity (Wildman–Crippen MR) is 111 cm³/mol. The lowest BCUT2D eigenvalue weighted by molar-refractivity contribution is -0.129. The molecule has 4 fully saturated rings. The van der Waals surface area contributed by atoms with Gasteiger partial charge in [0.25, 0.3) is 0 Å². The summed E-state index contributed by atoms with van der Waals surface area (Å²) >= 11 is 0. The number of rotatable bonds is 2. The van der Waals surface area contributed by atoms with Crippen molar-refractivity contribution in [3.8, 4) is 0 Å². The number of fused-ring (bicyclic) bond motifs is 5. The van der Waals surface area contributed by atoms with Crippen LogP contribution in [0.15, 0.2) is 11.6 Å². The standard InChI is InChI=1S/C24H36N2O3/c1-13-12-29-20(21(25)27)19(13)15-11-24(3)17-8-10-23(2)9-4-5-16(23)14(17)6-7-18(24)26-22(15)28/h11,13-14,16-20H,4-10,12H2,1-3H3,(H2,25,27)(H,26,28)/t13?,14-,16-,17+,18?,19?,20?,23-,24+/m0/s1. The first kappa shape index (κ1) is 19.6. The molecule has 3 aliphatic carbocycles. The van der Waals surface area contributed by atoms with Gasteiger partial charge in [0.15, 0.2) is 0 Å². The molecular formula is C24H36N2O3. The molecule has 4 unspecified atom stereocenters. The van der Waals surface area contributed by atoms with E-state index in [2.05, 4.69) is 32.2 Å². The van der Waals surface area contributed by atoms with E-state index in [1.54, 1.807) is 0 Å². The lowest BCUT2D eigenvalue weighted by Crippen LogP contribution is -2.60. The maximum atomic E-state index is 13.1. The van der Waals surface area contributed by atoms with Crippen LogP contribution in [0.25, 0.3) is 0 Å². The molecule has 0 radical (unpaired) electrons. The molecule has 5 rings (SSSR count). The molecule has 5 nitrogen and oxygen atoms in total. The number of hydrogen-bond acceptors (Lipinski definition) is 3. The zero-order chi connectivity index (χ0) is 20.6. The zero-order valence-corrected chi connectivity index (χ0v) is 18.1. The van der Waals surface area contributed by atoms with Crippen molar-refractivity contribution in [1.29, 1.82) is 0 Å². The highest BCUT2D eigenvalue weighted by atomic mass is 16.5. The Balaban J connectivity index is 1.52. The lowest BCUT2D eigenvalue weighted by atomic mass is 9.48. The number of amides is 2. The Morgan fingerprint density at radius 2 is 1.97 bits per heavy atom. The van der Waals surface area contributed by atoms with Crippen molar-refractivity contribution in [2.24, 2.45) is 46.2 Å². The summed E-state index contributed by atoms with van der Waals surface area (Å²) in [7, 11) is 0. The van der Waals surface area contributed by atoms with Gasteiger partial charge in [-0.1, -0.05) is 33.3 Å². The third kappa shape index (κ3) is 2.75. The Hall–Kier alpha value is -1.36. The predicted octanol–water partition coefficient (Wildman–Crippen LogP) is 3.18. The molecule has 9 atom stereocenters. The van der Waals surface area contributed by atoms with E-state index in [-0.39, 0.29) is 29.2 Å². The number of carbonyl (C=O) groups excluding carboxylic acids is 2. The summed E-state index contributed by atoms with van der Waals surface area (Å²) in [6.45, 7) is 7.43. The van der Waals surface area contributed by atoms with Gasteiger partial charge in [0.05, 0.1) is 6.61 Å². The van der Waals surface area contributed by atoms with Crippen LogP contribution in [0.3, 0.4) is 0 Å². The van der Waals surface area contributed by atoms with Gasteiger partial charge in [-0.25, -0.2) is 0 Å². The summed E-state index contributed by atoms with van der Waals surface area (Å²) in [5.74, 6) is 1.62. The van der Waals surface area contributed by atoms with Crippen LogP contribution in [0.2, 0.25) is 0 Å². The van der Waals surface area contributed by atoms with Gasteiger partial charge in [0.1, 0.15) is 6.10 Å². The van der Waals surface area contributed by atoms with Gasteiger partial charge >= 0.3 is 0 Å². The molecule has 0 aromatic rings. The second-order valence-corrected chi connectivity index (χ2v) is 11.2. The Morgan fingerprint density at radius 3 is 2.72 bits per heavy atom. The Kier molecular flexibility index (Phi) is 4.44. The second kappa shape index (κ2) is 6.57. The first-order valence-electron chi connectivity index (χ1n) is 11.7. The topological polar surface area (TPSA) is 81.4 Å². The highest BCUT2D eigenvalue weighted by molar-refractivity contribution is 5.97. The fourth-order valence-electron chi connectivity index (χ4n) is 8.20. The smallest absolute Gasteiger partial charge is 0.247 e. The van der Waals surface area contributed by atoms with Gasteiger partial charge in [0.2, 0.25) is 11.8 Å². The Morgan fingerprint density at radius 1 is 1.17 bits per heavy atom. The Labute approximate surface area is 174 Å². The molecule has 0 bridgehead atoms. The first-order valence-corrected chi connectivity index (χ1v) is 11.7. The summed E-state index contributed by atoms with van der Waals surface area (Å²) < 4.78 is 5.69. The number of nitrogens with one attached hydrogen (secondary N) is 1. The highest BCUT2D eigenvalue weighted by Crippen LogP contribution is 2.63. The zero-order valence-electron chi connectivity index (χ0n) is 18.1. The van der Waals surface area contributed by atoms with E-state index in [0.717, 1.165) is 23.8 Å². The van der Waals surface area contributed by atoms with Gasteiger partial charge < -0.3 is 15.8 Å². The molecule has 3 N–H and O–H groups in total. The minimum absolute atomic E-state index is 0.0129. The van der Waals surface area contributed by atoms with Crippen LogP contribution in [0.4, 0.5) is 0 Å². The molecule has 2 aliphatic heterocycles. The summed E-state index contributed by atoms with van der Waals surface area (Å²) in [5, 5.41) is 3.35. The quantitative estimate of drug-likeness (QED) is 0.747. The van der Waals surface area contributed by atoms with E-state index in [9.17, 15) is 9.59 Å². The van der Waals surface area contributed by atoms with Gasteiger partial charge in [-0.15, -0.1) is 0 Å². The second-order valence-electron chi connectivity index (χ2n) is 11.2. The molecule has 3 saturated carbocycles. The molecule has 0 aromatic carbocycles. The molecule has 160 valence electrons. The average molecular weight is 401 g/mol. The van der Waals surface area contributed by atoms with Crippen molar-refractivity contribution in [2.45, 2.75) is 77.9 Å². The molecule has 0 spiro atoms. The third-order valence-corrected chi connectivity index (χ3v) is 9.71. The number of carbonyl (C=O) groups is 2. The maximum Gasteiger partial charge on any atom is 0.247 e. The minimum Gasteiger partial charge on any atom is -0.367 e. The maximum absolute atomic E-state index is 13.1. The van der Waals surface area contributed by atoms with E-state index in [4.69, 9.17) is 10.5 Å². The average Bonchev–Trinajstić information content (AvgIpc) is 3.24. The Bertz CT molecular complexity index is 763. The van der Waals surface area contributed by atoms with Crippen LogP contribution in [-0.4, -0.2) is 30.6 Å². The first-order chi connectivity index (χ1) is 13.7. The molecule has 29 heavy (non-hydrogen) atoms. The van der Waals surface area contributed by atoms with E-state index in [1.165, 1.54) is 38.5 Å². The van der Waals surface area contributed by atoms with Crippen molar-refractivity contribution >= 4 is 11.8 Å². The summed E-state index contributed by atoms with van der Waals surface area (Å²) in [4.78, 5) is 25.1. The van der Waals surface area contributed by atoms with Crippen molar-refractivity contribution in [1.82, 2.24) is 5.32 Å². The molecule has 5 heteroatoms. The van der Waals surface area contributed by atoms with Crippen LogP contribution in [-0.2, 0) is 14.3 Å². The van der Waals surface area contributed by atoms with E-state index < -0.39 is 12.0 Å². The molecule has 1 saturated heterocycles. The van der Waals surface area contributed by atoms with Crippen LogP contribution < -0.4 is 11.1 Å². The monoisotopic (exact) mass is 400 g/mol. The number of ether oxygens (including phenoxy) is 1. The van der Waals surface area contributed by atoms with Crippen LogP contribution in [0, 0.1) is 40.4 Å². The van der Waals surface area contributed by atoms with Crippen LogP contribution >= 0.6 is 0 Å². The minimum atomic E-state index is -0.689. The molecule has 0 aromatic heterocycles. The van der Waals surface area contributed by atoms with E-state index in [1.807, 2.05) is 0 Å². The third-order valence-electron chi connectivity index (χ3n) is 9.71. The number of primary amides is 1. The molecular weight excluding hydrogens is 364 g/mol. The van der Waals surface area contributed by atoms with Gasteiger partial charge in [-0.05, 0) is 67.6 Å². The number of nitrogens with two attached hydrogens (primary N) is 1. The van der Waals surface area contributed by atoms with Crippen molar-refractivity contribution < 1.29 is 14.3 Å². The fraction of sp³-hybridized carbons (Fsp3) is 0.833. The van der Waals surface area contributed by atoms with Gasteiger partial charge in [-0.3, -0.25) is 9.59 Å². The largest absolute Gasteiger partial charge is 0.367 e. The summed E-state index contributed by atoms with van der Waals surface area (Å²) in [6.07, 6.45) is 10.6. The van der Waals surface area contributed by atoms with Crippen LogP contribution in [0.5, 0.6) is 0 Å². The molecule has 2 heterocycles.